The molecule has 1 aliphatic heterocycles. The molecule has 2 N–H and O–H groups in total. The number of carbonyl (C=O) groups is 1. The van der Waals surface area contributed by atoms with Gasteiger partial charge >= 0.3 is 0 Å². The number of nitrogens with zero attached hydrogens (tertiary/aromatic N) is 3. The van der Waals surface area contributed by atoms with Gasteiger partial charge in [-0.05, 0) is 36.8 Å². The number of hydrogen-bond acceptors (Lipinski definition) is 4. The van der Waals surface area contributed by atoms with Crippen LogP contribution < -0.4 is 10.6 Å². The van der Waals surface area contributed by atoms with Crippen LogP contribution in [-0.2, 0) is 4.79 Å². The van der Waals surface area contributed by atoms with Crippen LogP contribution in [0.5, 0.6) is 0 Å². The molecule has 1 amide bonds. The average Bonchev–Trinajstić information content (AvgIpc) is 3.11. The van der Waals surface area contributed by atoms with Gasteiger partial charge in [0.25, 0.3) is 0 Å². The van der Waals surface area contributed by atoms with Crippen LogP contribution in [0.1, 0.15) is 18.5 Å². The summed E-state index contributed by atoms with van der Waals surface area (Å²) in [4.78, 5) is 17.4. The minimum Gasteiger partial charge on any atom is -0.351 e. The van der Waals surface area contributed by atoms with E-state index in [0.29, 0.717) is 16.7 Å². The Bertz CT molecular complexity index is 909. The number of rotatable bonds is 3. The third kappa shape index (κ3) is 3.04. The Hall–Kier alpha value is -2.86. The van der Waals surface area contributed by atoms with Gasteiger partial charge in [-0.25, -0.2) is 4.68 Å². The molecule has 1 aliphatic rings. The minimum absolute atomic E-state index is 0.0812. The van der Waals surface area contributed by atoms with Gasteiger partial charge in [-0.2, -0.15) is 10.1 Å². The zero-order valence-corrected chi connectivity index (χ0v) is 14.9. The summed E-state index contributed by atoms with van der Waals surface area (Å²) in [5.74, 6) is 0.228. The summed E-state index contributed by atoms with van der Waals surface area (Å²) >= 11 is 5.93. The van der Waals surface area contributed by atoms with E-state index in [1.807, 2.05) is 37.3 Å². The van der Waals surface area contributed by atoms with Gasteiger partial charge in [0.15, 0.2) is 0 Å². The molecular weight excluding hydrogens is 350 g/mol. The van der Waals surface area contributed by atoms with E-state index < -0.39 is 0 Å². The summed E-state index contributed by atoms with van der Waals surface area (Å²) < 4.78 is 1.78. The molecule has 4 rings (SSSR count). The van der Waals surface area contributed by atoms with Crippen molar-refractivity contribution in [2.75, 3.05) is 10.6 Å². The van der Waals surface area contributed by atoms with Gasteiger partial charge in [-0.15, -0.1) is 0 Å². The number of benzene rings is 2. The second-order valence-electron chi connectivity index (χ2n) is 6.34. The molecule has 0 unspecified atom stereocenters. The highest BCUT2D eigenvalue weighted by Crippen LogP contribution is 2.36. The number of carbonyl (C=O) groups excluding carboxylic acids is 1. The molecule has 0 saturated heterocycles. The van der Waals surface area contributed by atoms with Gasteiger partial charge < -0.3 is 10.6 Å². The molecule has 0 saturated carbocycles. The average molecular weight is 368 g/mol. The van der Waals surface area contributed by atoms with Crippen molar-refractivity contribution in [3.05, 3.63) is 71.5 Å². The van der Waals surface area contributed by atoms with Crippen molar-refractivity contribution in [3.8, 4) is 0 Å². The highest BCUT2D eigenvalue weighted by molar-refractivity contribution is 6.30. The van der Waals surface area contributed by atoms with E-state index in [-0.39, 0.29) is 23.9 Å². The van der Waals surface area contributed by atoms with Gasteiger partial charge in [0, 0.05) is 16.8 Å². The Morgan fingerprint density at radius 3 is 2.62 bits per heavy atom. The number of amides is 1. The zero-order chi connectivity index (χ0) is 18.1. The second kappa shape index (κ2) is 6.80. The number of anilines is 2. The fourth-order valence-electron chi connectivity index (χ4n) is 3.40. The molecule has 7 heteroatoms. The Morgan fingerprint density at radius 1 is 1.15 bits per heavy atom. The van der Waals surface area contributed by atoms with Crippen molar-refractivity contribution in [3.63, 3.8) is 0 Å². The molecule has 3 aromatic rings. The van der Waals surface area contributed by atoms with Crippen LogP contribution in [0.25, 0.3) is 0 Å². The lowest BCUT2D eigenvalue weighted by atomic mass is 9.85. The molecule has 0 radical (unpaired) electrons. The third-order valence-corrected chi connectivity index (χ3v) is 4.88. The quantitative estimate of drug-likeness (QED) is 0.742. The van der Waals surface area contributed by atoms with Crippen molar-refractivity contribution in [2.45, 2.75) is 19.0 Å². The molecule has 3 atom stereocenters. The van der Waals surface area contributed by atoms with E-state index >= 15 is 0 Å². The molecule has 2 heterocycles. The molecule has 6 nitrogen and oxygen atoms in total. The summed E-state index contributed by atoms with van der Waals surface area (Å²) in [6.07, 6.45) is 1.50. The van der Waals surface area contributed by atoms with E-state index in [1.165, 1.54) is 6.33 Å². The molecular formula is C19H18ClN5O. The van der Waals surface area contributed by atoms with Gasteiger partial charge in [-0.3, -0.25) is 4.79 Å². The summed E-state index contributed by atoms with van der Waals surface area (Å²) in [5.41, 5.74) is 1.73. The fourth-order valence-corrected chi connectivity index (χ4v) is 3.53. The molecule has 26 heavy (non-hydrogen) atoms. The second-order valence-corrected chi connectivity index (χ2v) is 6.78. The van der Waals surface area contributed by atoms with Crippen LogP contribution in [0.15, 0.2) is 60.9 Å². The molecule has 0 spiro atoms. The van der Waals surface area contributed by atoms with Crippen LogP contribution in [0.4, 0.5) is 11.6 Å². The van der Waals surface area contributed by atoms with Crippen molar-refractivity contribution < 1.29 is 4.79 Å². The van der Waals surface area contributed by atoms with E-state index in [4.69, 9.17) is 11.6 Å². The molecule has 132 valence electrons. The predicted molar refractivity (Wildman–Crippen MR) is 101 cm³/mol. The Morgan fingerprint density at radius 2 is 1.88 bits per heavy atom. The first kappa shape index (κ1) is 16.6. The SMILES string of the molecule is C[C@@H]1Nc2ncnn2[C@H](c2ccccc2)[C@@H]1C(=O)Nc1ccc(Cl)cc1. The number of halogens is 1. The first-order valence-electron chi connectivity index (χ1n) is 8.41. The maximum atomic E-state index is 13.1. The van der Waals surface area contributed by atoms with Crippen LogP contribution in [0, 0.1) is 5.92 Å². The minimum atomic E-state index is -0.359. The van der Waals surface area contributed by atoms with E-state index in [2.05, 4.69) is 20.7 Å². The van der Waals surface area contributed by atoms with Crippen LogP contribution in [0.2, 0.25) is 5.02 Å². The molecule has 1 aromatic heterocycles. The lowest BCUT2D eigenvalue weighted by Gasteiger charge is -2.36. The Balaban J connectivity index is 1.70. The van der Waals surface area contributed by atoms with Crippen molar-refractivity contribution in [2.24, 2.45) is 5.92 Å². The van der Waals surface area contributed by atoms with E-state index in [9.17, 15) is 4.79 Å². The lowest BCUT2D eigenvalue weighted by Crippen LogP contribution is -2.46. The van der Waals surface area contributed by atoms with Crippen LogP contribution >= 0.6 is 11.6 Å². The van der Waals surface area contributed by atoms with Gasteiger partial charge in [-0.1, -0.05) is 41.9 Å². The highest BCUT2D eigenvalue weighted by atomic mass is 35.5. The molecule has 0 fully saturated rings. The van der Waals surface area contributed by atoms with Crippen molar-refractivity contribution in [1.29, 1.82) is 0 Å². The third-order valence-electron chi connectivity index (χ3n) is 4.63. The summed E-state index contributed by atoms with van der Waals surface area (Å²) in [6.45, 7) is 1.99. The smallest absolute Gasteiger partial charge is 0.232 e. The summed E-state index contributed by atoms with van der Waals surface area (Å²) in [6, 6.07) is 16.7. The summed E-state index contributed by atoms with van der Waals surface area (Å²) in [5, 5.41) is 11.2. The maximum Gasteiger partial charge on any atom is 0.232 e. The molecule has 0 aliphatic carbocycles. The monoisotopic (exact) mass is 367 g/mol. The lowest BCUT2D eigenvalue weighted by molar-refractivity contribution is -0.121. The standard InChI is InChI=1S/C19H18ClN5O/c1-12-16(18(26)24-15-9-7-14(20)8-10-15)17(13-5-3-2-4-6-13)25-19(23-12)21-11-22-25/h2-12,16-17H,1H3,(H,24,26)(H,21,22,23)/t12-,16+,17+/m0/s1. The molecule has 0 bridgehead atoms. The van der Waals surface area contributed by atoms with Crippen molar-refractivity contribution >= 4 is 29.1 Å². The number of fused-ring (bicyclic) bond motifs is 1. The predicted octanol–water partition coefficient (Wildman–Crippen LogP) is 3.59. The summed E-state index contributed by atoms with van der Waals surface area (Å²) in [7, 11) is 0. The van der Waals surface area contributed by atoms with Gasteiger partial charge in [0.2, 0.25) is 11.9 Å². The highest BCUT2D eigenvalue weighted by Gasteiger charge is 2.41. The van der Waals surface area contributed by atoms with E-state index in [1.54, 1.807) is 28.9 Å². The van der Waals surface area contributed by atoms with Gasteiger partial charge in [0.05, 0.1) is 12.0 Å². The molecule has 2 aromatic carbocycles. The largest absolute Gasteiger partial charge is 0.351 e. The maximum absolute atomic E-state index is 13.1. The van der Waals surface area contributed by atoms with Crippen LogP contribution in [-0.4, -0.2) is 26.7 Å². The Kier molecular flexibility index (Phi) is 4.34. The topological polar surface area (TPSA) is 71.8 Å². The van der Waals surface area contributed by atoms with E-state index in [0.717, 1.165) is 5.56 Å². The number of aromatic nitrogens is 3. The van der Waals surface area contributed by atoms with Crippen LogP contribution in [0.3, 0.4) is 0 Å². The first-order valence-corrected chi connectivity index (χ1v) is 8.78. The normalized spacial score (nSPS) is 21.5. The van der Waals surface area contributed by atoms with Gasteiger partial charge in [0.1, 0.15) is 6.33 Å². The zero-order valence-electron chi connectivity index (χ0n) is 14.1. The Labute approximate surface area is 156 Å². The van der Waals surface area contributed by atoms with Crippen molar-refractivity contribution in [1.82, 2.24) is 14.8 Å². The first-order chi connectivity index (χ1) is 12.6. The number of nitrogens with one attached hydrogen (secondary N) is 2. The number of hydrogen-bond donors (Lipinski definition) is 2. The fraction of sp³-hybridized carbons (Fsp3) is 0.211.